The van der Waals surface area contributed by atoms with E-state index in [1.165, 1.54) is 11.9 Å². The third-order valence-electron chi connectivity index (χ3n) is 3.73. The van der Waals surface area contributed by atoms with Crippen molar-refractivity contribution in [2.75, 3.05) is 7.05 Å². The van der Waals surface area contributed by atoms with Crippen molar-refractivity contribution in [1.82, 2.24) is 20.0 Å². The number of benzene rings is 1. The predicted octanol–water partition coefficient (Wildman–Crippen LogP) is 0.420. The summed E-state index contributed by atoms with van der Waals surface area (Å²) in [6.07, 6.45) is 0.222. The number of carbonyl (C=O) groups is 2. The Hall–Kier alpha value is -2.21. The van der Waals surface area contributed by atoms with Crippen LogP contribution in [0.5, 0.6) is 0 Å². The molecule has 0 radical (unpaired) electrons. The normalized spacial score (nSPS) is 19.3. The van der Waals surface area contributed by atoms with E-state index in [-0.39, 0.29) is 18.2 Å². The second-order valence-electron chi connectivity index (χ2n) is 5.02. The smallest absolute Gasteiger partial charge is 0.246 e. The highest BCUT2D eigenvalue weighted by molar-refractivity contribution is 6.05. The Labute approximate surface area is 116 Å². The van der Waals surface area contributed by atoms with Gasteiger partial charge in [0.05, 0.1) is 23.7 Å². The van der Waals surface area contributed by atoms with E-state index in [1.54, 1.807) is 0 Å². The molecule has 0 spiro atoms. The number of para-hydroxylation sites is 1. The van der Waals surface area contributed by atoms with E-state index >= 15 is 0 Å². The van der Waals surface area contributed by atoms with Crippen LogP contribution in [0.3, 0.4) is 0 Å². The molecule has 6 heteroatoms. The van der Waals surface area contributed by atoms with Crippen molar-refractivity contribution in [3.63, 3.8) is 0 Å². The van der Waals surface area contributed by atoms with Gasteiger partial charge in [0.2, 0.25) is 11.8 Å². The summed E-state index contributed by atoms with van der Waals surface area (Å²) >= 11 is 0. The zero-order chi connectivity index (χ0) is 14.3. The number of hydrogen-bond acceptors (Lipinski definition) is 4. The molecule has 1 saturated heterocycles. The monoisotopic (exact) mass is 272 g/mol. The van der Waals surface area contributed by atoms with Crippen LogP contribution in [-0.4, -0.2) is 39.6 Å². The van der Waals surface area contributed by atoms with Crippen LogP contribution in [0, 0.1) is 0 Å². The van der Waals surface area contributed by atoms with Gasteiger partial charge in [0.1, 0.15) is 0 Å². The van der Waals surface area contributed by atoms with Crippen LogP contribution in [0.25, 0.3) is 10.9 Å². The Balaban J connectivity index is 1.78. The fourth-order valence-corrected chi connectivity index (χ4v) is 2.55. The molecular formula is C14H16N4O2. The van der Waals surface area contributed by atoms with Crippen molar-refractivity contribution in [2.24, 2.45) is 7.05 Å². The predicted molar refractivity (Wildman–Crippen MR) is 73.7 cm³/mol. The average molecular weight is 272 g/mol. The van der Waals surface area contributed by atoms with Gasteiger partial charge in [-0.05, 0) is 6.07 Å². The van der Waals surface area contributed by atoms with Gasteiger partial charge in [-0.1, -0.05) is 18.2 Å². The van der Waals surface area contributed by atoms with E-state index < -0.39 is 6.04 Å². The maximum atomic E-state index is 11.8. The molecule has 1 aromatic carbocycles. The number of amides is 2. The first-order valence-corrected chi connectivity index (χ1v) is 6.52. The third kappa shape index (κ3) is 1.98. The summed E-state index contributed by atoms with van der Waals surface area (Å²) < 4.78 is 1.82. The SMILES string of the molecule is CN1C(=O)CC(NCc2nn(C)c3ccccc23)C1=O. The van der Waals surface area contributed by atoms with Gasteiger partial charge in [0.15, 0.2) is 0 Å². The highest BCUT2D eigenvalue weighted by Gasteiger charge is 2.35. The number of rotatable bonds is 3. The Bertz CT molecular complexity index is 692. The fourth-order valence-electron chi connectivity index (χ4n) is 2.55. The van der Waals surface area contributed by atoms with Crippen LogP contribution in [0.4, 0.5) is 0 Å². The van der Waals surface area contributed by atoms with Crippen molar-refractivity contribution in [3.05, 3.63) is 30.0 Å². The van der Waals surface area contributed by atoms with E-state index in [0.29, 0.717) is 6.54 Å². The summed E-state index contributed by atoms with van der Waals surface area (Å²) in [6.45, 7) is 0.471. The maximum absolute atomic E-state index is 11.8. The lowest BCUT2D eigenvalue weighted by atomic mass is 10.2. The molecule has 1 fully saturated rings. The first-order valence-electron chi connectivity index (χ1n) is 6.52. The second-order valence-corrected chi connectivity index (χ2v) is 5.02. The van der Waals surface area contributed by atoms with Gasteiger partial charge >= 0.3 is 0 Å². The highest BCUT2D eigenvalue weighted by Crippen LogP contribution is 2.18. The van der Waals surface area contributed by atoms with Gasteiger partial charge in [-0.3, -0.25) is 24.5 Å². The number of nitrogens with zero attached hydrogens (tertiary/aromatic N) is 3. The Morgan fingerprint density at radius 3 is 2.75 bits per heavy atom. The minimum absolute atomic E-state index is 0.140. The zero-order valence-electron chi connectivity index (χ0n) is 11.5. The van der Waals surface area contributed by atoms with E-state index in [0.717, 1.165) is 16.6 Å². The van der Waals surface area contributed by atoms with Crippen LogP contribution in [0.1, 0.15) is 12.1 Å². The minimum atomic E-state index is -0.437. The largest absolute Gasteiger partial charge is 0.300 e. The minimum Gasteiger partial charge on any atom is -0.300 e. The lowest BCUT2D eigenvalue weighted by Crippen LogP contribution is -2.36. The molecule has 1 aromatic heterocycles. The van der Waals surface area contributed by atoms with Crippen LogP contribution >= 0.6 is 0 Å². The number of imide groups is 1. The molecule has 1 N–H and O–H groups in total. The molecule has 1 aliphatic rings. The molecule has 2 heterocycles. The number of aryl methyl sites for hydroxylation is 1. The van der Waals surface area contributed by atoms with Crippen molar-refractivity contribution in [1.29, 1.82) is 0 Å². The Kier molecular flexibility index (Phi) is 3.02. The number of aromatic nitrogens is 2. The van der Waals surface area contributed by atoms with Crippen LogP contribution in [0.2, 0.25) is 0 Å². The summed E-state index contributed by atoms with van der Waals surface area (Å²) in [5.74, 6) is -0.311. The van der Waals surface area contributed by atoms with Gasteiger partial charge in [-0.2, -0.15) is 5.10 Å². The summed E-state index contributed by atoms with van der Waals surface area (Å²) in [7, 11) is 3.41. The molecule has 3 rings (SSSR count). The number of nitrogens with one attached hydrogen (secondary N) is 1. The molecule has 0 saturated carbocycles. The molecule has 2 amide bonds. The van der Waals surface area contributed by atoms with E-state index in [1.807, 2.05) is 36.0 Å². The van der Waals surface area contributed by atoms with E-state index in [2.05, 4.69) is 10.4 Å². The fraction of sp³-hybridized carbons (Fsp3) is 0.357. The lowest BCUT2D eigenvalue weighted by Gasteiger charge is -2.09. The molecule has 6 nitrogen and oxygen atoms in total. The van der Waals surface area contributed by atoms with Gasteiger partial charge in [0, 0.05) is 26.0 Å². The summed E-state index contributed by atoms with van der Waals surface area (Å²) in [6, 6.07) is 7.51. The molecule has 104 valence electrons. The number of carbonyl (C=O) groups excluding carboxylic acids is 2. The summed E-state index contributed by atoms with van der Waals surface area (Å²) in [5, 5.41) is 8.65. The van der Waals surface area contributed by atoms with Gasteiger partial charge < -0.3 is 0 Å². The van der Waals surface area contributed by atoms with Crippen molar-refractivity contribution < 1.29 is 9.59 Å². The van der Waals surface area contributed by atoms with Crippen molar-refractivity contribution in [3.8, 4) is 0 Å². The number of likely N-dealkylation sites (N-methyl/N-ethyl adjacent to an activating group) is 1. The Morgan fingerprint density at radius 1 is 1.30 bits per heavy atom. The molecule has 0 aliphatic carbocycles. The number of hydrogen-bond donors (Lipinski definition) is 1. The van der Waals surface area contributed by atoms with Crippen LogP contribution < -0.4 is 5.32 Å². The van der Waals surface area contributed by atoms with Crippen molar-refractivity contribution >= 4 is 22.7 Å². The standard InChI is InChI=1S/C14H16N4O2/c1-17-13(19)7-10(14(17)20)15-8-11-9-5-3-4-6-12(9)18(2)16-11/h3-6,10,15H,7-8H2,1-2H3. The average Bonchev–Trinajstić information content (AvgIpc) is 2.90. The van der Waals surface area contributed by atoms with E-state index in [9.17, 15) is 9.59 Å². The third-order valence-corrected chi connectivity index (χ3v) is 3.73. The molecule has 1 unspecified atom stereocenters. The molecule has 0 bridgehead atoms. The van der Waals surface area contributed by atoms with Crippen LogP contribution in [0.15, 0.2) is 24.3 Å². The second kappa shape index (κ2) is 4.72. The van der Waals surface area contributed by atoms with E-state index in [4.69, 9.17) is 0 Å². The van der Waals surface area contributed by atoms with Gasteiger partial charge in [-0.15, -0.1) is 0 Å². The maximum Gasteiger partial charge on any atom is 0.246 e. The summed E-state index contributed by atoms with van der Waals surface area (Å²) in [4.78, 5) is 24.5. The number of likely N-dealkylation sites (tertiary alicyclic amines) is 1. The van der Waals surface area contributed by atoms with Crippen LogP contribution in [-0.2, 0) is 23.2 Å². The molecular weight excluding hydrogens is 256 g/mol. The lowest BCUT2D eigenvalue weighted by molar-refractivity contribution is -0.137. The summed E-state index contributed by atoms with van der Waals surface area (Å²) in [5.41, 5.74) is 1.94. The van der Waals surface area contributed by atoms with Gasteiger partial charge in [-0.25, -0.2) is 0 Å². The topological polar surface area (TPSA) is 67.2 Å². The Morgan fingerprint density at radius 2 is 2.05 bits per heavy atom. The zero-order valence-corrected chi connectivity index (χ0v) is 11.5. The van der Waals surface area contributed by atoms with Crippen molar-refractivity contribution in [2.45, 2.75) is 19.0 Å². The quantitative estimate of drug-likeness (QED) is 0.822. The molecule has 20 heavy (non-hydrogen) atoms. The first-order chi connectivity index (χ1) is 9.58. The molecule has 2 aromatic rings. The highest BCUT2D eigenvalue weighted by atomic mass is 16.2. The first kappa shape index (κ1) is 12.8. The van der Waals surface area contributed by atoms with Gasteiger partial charge in [0.25, 0.3) is 0 Å². The molecule has 1 atom stereocenters. The molecule has 1 aliphatic heterocycles. The number of fused-ring (bicyclic) bond motifs is 1.